The second-order valence-electron chi connectivity index (χ2n) is 5.30. The molecule has 2 N–H and O–H groups in total. The van der Waals surface area contributed by atoms with Crippen LogP contribution in [-0.2, 0) is 9.84 Å². The molecule has 0 radical (unpaired) electrons. The van der Waals surface area contributed by atoms with E-state index in [-0.39, 0.29) is 24.0 Å². The molecule has 0 aliphatic carbocycles. The minimum absolute atomic E-state index is 0.0124. The van der Waals surface area contributed by atoms with Crippen LogP contribution in [0.15, 0.2) is 12.1 Å². The van der Waals surface area contributed by atoms with Gasteiger partial charge in [-0.3, -0.25) is 4.79 Å². The van der Waals surface area contributed by atoms with E-state index in [1.165, 1.54) is 11.3 Å². The summed E-state index contributed by atoms with van der Waals surface area (Å²) in [5, 5.41) is 11.5. The second-order valence-corrected chi connectivity index (χ2v) is 8.56. The number of thiophene rings is 1. The van der Waals surface area contributed by atoms with Crippen molar-refractivity contribution in [1.29, 1.82) is 0 Å². The van der Waals surface area contributed by atoms with Gasteiger partial charge in [0.05, 0.1) is 33.4 Å². The quantitative estimate of drug-likeness (QED) is 0.804. The van der Waals surface area contributed by atoms with Crippen LogP contribution in [0.4, 0.5) is 0 Å². The second kappa shape index (κ2) is 6.18. The van der Waals surface area contributed by atoms with Crippen LogP contribution in [0.25, 0.3) is 0 Å². The van der Waals surface area contributed by atoms with Crippen molar-refractivity contribution in [3.05, 3.63) is 21.9 Å². The lowest BCUT2D eigenvalue weighted by molar-refractivity contribution is 0.0919. The van der Waals surface area contributed by atoms with Crippen molar-refractivity contribution in [2.75, 3.05) is 18.1 Å². The highest BCUT2D eigenvalue weighted by atomic mass is 32.2. The Morgan fingerprint density at radius 3 is 2.90 bits per heavy atom. The van der Waals surface area contributed by atoms with Crippen LogP contribution in [0.3, 0.4) is 0 Å². The summed E-state index contributed by atoms with van der Waals surface area (Å²) in [7, 11) is -3.05. The molecule has 5 nitrogen and oxygen atoms in total. The van der Waals surface area contributed by atoms with Gasteiger partial charge in [-0.1, -0.05) is 11.8 Å². The van der Waals surface area contributed by atoms with Crippen molar-refractivity contribution >= 4 is 27.1 Å². The molecule has 1 aromatic rings. The molecule has 0 spiro atoms. The third-order valence-corrected chi connectivity index (χ3v) is 6.10. The van der Waals surface area contributed by atoms with Crippen molar-refractivity contribution in [3.63, 3.8) is 0 Å². The fourth-order valence-corrected chi connectivity index (χ4v) is 5.05. The first-order chi connectivity index (χ1) is 9.84. The van der Waals surface area contributed by atoms with Gasteiger partial charge in [0.2, 0.25) is 0 Å². The molecule has 1 fully saturated rings. The molecule has 1 amide bonds. The summed E-state index contributed by atoms with van der Waals surface area (Å²) >= 11 is 1.26. The number of carbonyl (C=O) groups is 1. The van der Waals surface area contributed by atoms with E-state index in [4.69, 9.17) is 5.11 Å². The minimum atomic E-state index is -3.05. The zero-order chi connectivity index (χ0) is 15.5. The summed E-state index contributed by atoms with van der Waals surface area (Å²) in [6.07, 6.45) is 0.838. The van der Waals surface area contributed by atoms with Gasteiger partial charge in [-0.05, 0) is 25.5 Å². The summed E-state index contributed by atoms with van der Waals surface area (Å²) in [6, 6.07) is 3.42. The van der Waals surface area contributed by atoms with E-state index in [0.29, 0.717) is 17.7 Å². The molecular formula is C14H17NO4S2. The molecule has 21 heavy (non-hydrogen) atoms. The third-order valence-electron chi connectivity index (χ3n) is 3.20. The highest BCUT2D eigenvalue weighted by Gasteiger charge is 2.39. The maximum Gasteiger partial charge on any atom is 0.261 e. The maximum absolute atomic E-state index is 12.2. The van der Waals surface area contributed by atoms with Gasteiger partial charge in [0.25, 0.3) is 5.91 Å². The molecule has 1 aliphatic heterocycles. The molecule has 1 unspecified atom stereocenters. The first-order valence-electron chi connectivity index (χ1n) is 6.56. The Kier molecular flexibility index (Phi) is 4.71. The number of nitrogens with one attached hydrogen (secondary N) is 1. The first kappa shape index (κ1) is 16.0. The number of carbonyl (C=O) groups excluding carboxylic acids is 1. The normalized spacial score (nSPS) is 23.3. The van der Waals surface area contributed by atoms with Gasteiger partial charge in [0.1, 0.15) is 0 Å². The van der Waals surface area contributed by atoms with Crippen molar-refractivity contribution in [2.45, 2.75) is 25.3 Å². The summed E-state index contributed by atoms with van der Waals surface area (Å²) in [5.41, 5.74) is -0.692. The van der Waals surface area contributed by atoms with Crippen LogP contribution in [0.2, 0.25) is 0 Å². The lowest BCUT2D eigenvalue weighted by Gasteiger charge is -2.23. The highest BCUT2D eigenvalue weighted by molar-refractivity contribution is 7.91. The molecule has 1 aromatic heterocycles. The van der Waals surface area contributed by atoms with Gasteiger partial charge < -0.3 is 10.4 Å². The number of amides is 1. The van der Waals surface area contributed by atoms with Crippen LogP contribution in [0, 0.1) is 11.8 Å². The van der Waals surface area contributed by atoms with E-state index >= 15 is 0 Å². The summed E-state index contributed by atoms with van der Waals surface area (Å²) in [5.74, 6) is 5.50. The lowest BCUT2D eigenvalue weighted by Crippen LogP contribution is -2.46. The van der Waals surface area contributed by atoms with Gasteiger partial charge in [0, 0.05) is 6.42 Å². The predicted molar refractivity (Wildman–Crippen MR) is 82.0 cm³/mol. The largest absolute Gasteiger partial charge is 0.395 e. The van der Waals surface area contributed by atoms with Crippen LogP contribution in [0.5, 0.6) is 0 Å². The molecule has 2 heterocycles. The lowest BCUT2D eigenvalue weighted by atomic mass is 10.0. The predicted octanol–water partition coefficient (Wildman–Crippen LogP) is 0.789. The Morgan fingerprint density at radius 1 is 1.52 bits per heavy atom. The van der Waals surface area contributed by atoms with Gasteiger partial charge in [-0.25, -0.2) is 8.42 Å². The smallest absolute Gasteiger partial charge is 0.261 e. The number of rotatable bonds is 3. The van der Waals surface area contributed by atoms with E-state index in [1.54, 1.807) is 19.1 Å². The van der Waals surface area contributed by atoms with E-state index in [2.05, 4.69) is 17.2 Å². The number of sulfone groups is 1. The summed E-state index contributed by atoms with van der Waals surface area (Å²) < 4.78 is 23.1. The minimum Gasteiger partial charge on any atom is -0.395 e. The molecule has 0 bridgehead atoms. The molecule has 0 aromatic carbocycles. The highest BCUT2D eigenvalue weighted by Crippen LogP contribution is 2.24. The molecule has 1 aliphatic rings. The van der Waals surface area contributed by atoms with Crippen molar-refractivity contribution in [1.82, 2.24) is 5.32 Å². The topological polar surface area (TPSA) is 83.5 Å². The summed E-state index contributed by atoms with van der Waals surface area (Å²) in [6.45, 7) is 1.77. The van der Waals surface area contributed by atoms with Crippen LogP contribution < -0.4 is 5.32 Å². The van der Waals surface area contributed by atoms with Crippen LogP contribution in [0.1, 0.15) is 34.3 Å². The number of aliphatic hydroxyl groups is 1. The standard InChI is InChI=1S/C14H17NO4S2/c1-14(7-9-21(18,19)10-14)15-13(17)12-6-5-11(20-12)4-2-3-8-16/h5-6,16H,3,7-10H2,1H3,(H,15,17). The molecule has 7 heteroatoms. The van der Waals surface area contributed by atoms with Crippen molar-refractivity contribution in [2.24, 2.45) is 0 Å². The molecule has 1 atom stereocenters. The van der Waals surface area contributed by atoms with E-state index in [9.17, 15) is 13.2 Å². The van der Waals surface area contributed by atoms with Gasteiger partial charge in [-0.2, -0.15) is 0 Å². The number of hydrogen-bond donors (Lipinski definition) is 2. The average molecular weight is 327 g/mol. The Morgan fingerprint density at radius 2 is 2.29 bits per heavy atom. The van der Waals surface area contributed by atoms with Crippen LogP contribution in [-0.4, -0.2) is 43.1 Å². The van der Waals surface area contributed by atoms with E-state index < -0.39 is 15.4 Å². The molecule has 2 rings (SSSR count). The van der Waals surface area contributed by atoms with Crippen LogP contribution >= 0.6 is 11.3 Å². The van der Waals surface area contributed by atoms with Gasteiger partial charge in [-0.15, -0.1) is 11.3 Å². The fourth-order valence-electron chi connectivity index (χ4n) is 2.18. The third kappa shape index (κ3) is 4.30. The monoisotopic (exact) mass is 327 g/mol. The fraction of sp³-hybridized carbons (Fsp3) is 0.500. The van der Waals surface area contributed by atoms with E-state index in [0.717, 1.165) is 4.88 Å². The first-order valence-corrected chi connectivity index (χ1v) is 9.20. The Labute approximate surface area is 128 Å². The number of aliphatic hydroxyl groups excluding tert-OH is 1. The zero-order valence-electron chi connectivity index (χ0n) is 11.7. The maximum atomic E-state index is 12.2. The Balaban J connectivity index is 2.03. The molecule has 0 saturated carbocycles. The van der Waals surface area contributed by atoms with Crippen molar-refractivity contribution < 1.29 is 18.3 Å². The Hall–Kier alpha value is -1.36. The van der Waals surface area contributed by atoms with E-state index in [1.807, 2.05) is 0 Å². The molecular weight excluding hydrogens is 310 g/mol. The van der Waals surface area contributed by atoms with Gasteiger partial charge in [0.15, 0.2) is 9.84 Å². The SMILES string of the molecule is CC1(NC(=O)c2ccc(C#CCCO)s2)CCS(=O)(=O)C1. The number of hydrogen-bond acceptors (Lipinski definition) is 5. The molecule has 1 saturated heterocycles. The average Bonchev–Trinajstić information content (AvgIpc) is 2.95. The van der Waals surface area contributed by atoms with Gasteiger partial charge >= 0.3 is 0 Å². The molecule has 114 valence electrons. The Bertz CT molecular complexity index is 696. The zero-order valence-corrected chi connectivity index (χ0v) is 13.3. The summed E-state index contributed by atoms with van der Waals surface area (Å²) in [4.78, 5) is 13.4. The van der Waals surface area contributed by atoms with Crippen molar-refractivity contribution in [3.8, 4) is 11.8 Å².